The third-order valence-electron chi connectivity index (χ3n) is 2.69. The van der Waals surface area contributed by atoms with Crippen LogP contribution in [0.3, 0.4) is 0 Å². The zero-order valence-electron chi connectivity index (χ0n) is 10.9. The van der Waals surface area contributed by atoms with E-state index < -0.39 is 0 Å². The predicted octanol–water partition coefficient (Wildman–Crippen LogP) is -0.0323. The average Bonchev–Trinajstić information content (AvgIpc) is 2.38. The molecule has 0 aromatic heterocycles. The van der Waals surface area contributed by atoms with Crippen LogP contribution in [0.5, 0.6) is 5.75 Å². The second-order valence-electron chi connectivity index (χ2n) is 3.84. The highest BCUT2D eigenvalue weighted by Gasteiger charge is 2.18. The van der Waals surface area contributed by atoms with Gasteiger partial charge in [-0.25, -0.2) is 10.9 Å². The summed E-state index contributed by atoms with van der Waals surface area (Å²) in [6.07, 6.45) is 0. The van der Waals surface area contributed by atoms with Gasteiger partial charge in [0.1, 0.15) is 11.8 Å². The van der Waals surface area contributed by atoms with Crippen LogP contribution in [0.4, 0.5) is 0 Å². The topological polar surface area (TPSA) is 76.6 Å². The van der Waals surface area contributed by atoms with Gasteiger partial charge in [0.25, 0.3) is 0 Å². The molecule has 1 amide bonds. The molecule has 0 radical (unpaired) electrons. The molecule has 6 heteroatoms. The zero-order valence-corrected chi connectivity index (χ0v) is 10.9. The first-order valence-electron chi connectivity index (χ1n) is 5.78. The Morgan fingerprint density at radius 1 is 1.33 bits per heavy atom. The minimum atomic E-state index is -0.370. The number of nitrogens with one attached hydrogen (secondary N) is 3. The molecule has 1 rings (SSSR count). The van der Waals surface area contributed by atoms with E-state index in [1.54, 1.807) is 44.3 Å². The van der Waals surface area contributed by atoms with Gasteiger partial charge in [-0.1, -0.05) is 18.2 Å². The Morgan fingerprint density at radius 3 is 2.50 bits per heavy atom. The first-order chi connectivity index (χ1) is 8.60. The van der Waals surface area contributed by atoms with Gasteiger partial charge in [-0.05, 0) is 13.0 Å². The van der Waals surface area contributed by atoms with Crippen LogP contribution in [0.25, 0.3) is 0 Å². The number of rotatable bonds is 6. The van der Waals surface area contributed by atoms with E-state index in [2.05, 4.69) is 16.2 Å². The lowest BCUT2D eigenvalue weighted by atomic mass is 10.2. The monoisotopic (exact) mass is 252 g/mol. The van der Waals surface area contributed by atoms with Gasteiger partial charge in [-0.2, -0.15) is 5.12 Å². The van der Waals surface area contributed by atoms with Gasteiger partial charge in [0.2, 0.25) is 5.91 Å². The molecule has 0 heterocycles. The Kier molecular flexibility index (Phi) is 5.57. The molecule has 1 atom stereocenters. The summed E-state index contributed by atoms with van der Waals surface area (Å²) < 4.78 is 0. The second kappa shape index (κ2) is 6.95. The SMILES string of the molecule is CNN(NC)[C@@H](C)C(=O)NCc1ccccc1O. The third kappa shape index (κ3) is 3.69. The highest BCUT2D eigenvalue weighted by atomic mass is 16.3. The Balaban J connectivity index is 2.53. The van der Waals surface area contributed by atoms with Gasteiger partial charge in [-0.15, -0.1) is 0 Å². The molecule has 4 N–H and O–H groups in total. The molecule has 0 spiro atoms. The smallest absolute Gasteiger partial charge is 0.240 e. The van der Waals surface area contributed by atoms with Gasteiger partial charge >= 0.3 is 0 Å². The number of benzene rings is 1. The number of amides is 1. The van der Waals surface area contributed by atoms with E-state index >= 15 is 0 Å². The van der Waals surface area contributed by atoms with Crippen molar-refractivity contribution < 1.29 is 9.90 Å². The van der Waals surface area contributed by atoms with Gasteiger partial charge in [0.15, 0.2) is 0 Å². The molecule has 18 heavy (non-hydrogen) atoms. The summed E-state index contributed by atoms with van der Waals surface area (Å²) in [4.78, 5) is 11.9. The molecule has 100 valence electrons. The minimum Gasteiger partial charge on any atom is -0.508 e. The van der Waals surface area contributed by atoms with Gasteiger partial charge in [0, 0.05) is 26.2 Å². The summed E-state index contributed by atoms with van der Waals surface area (Å²) in [6, 6.07) is 6.56. The first-order valence-corrected chi connectivity index (χ1v) is 5.78. The lowest BCUT2D eigenvalue weighted by Crippen LogP contribution is -2.55. The second-order valence-corrected chi connectivity index (χ2v) is 3.84. The van der Waals surface area contributed by atoms with Crippen LogP contribution in [0, 0.1) is 0 Å². The number of para-hydroxylation sites is 1. The number of carbonyl (C=O) groups excluding carboxylic acids is 1. The average molecular weight is 252 g/mol. The maximum Gasteiger partial charge on any atom is 0.240 e. The van der Waals surface area contributed by atoms with Crippen LogP contribution in [0.2, 0.25) is 0 Å². The van der Waals surface area contributed by atoms with E-state index in [1.165, 1.54) is 0 Å². The van der Waals surface area contributed by atoms with Crippen molar-refractivity contribution in [2.45, 2.75) is 19.5 Å². The zero-order chi connectivity index (χ0) is 13.5. The van der Waals surface area contributed by atoms with Crippen molar-refractivity contribution in [3.05, 3.63) is 29.8 Å². The molecule has 0 aliphatic rings. The lowest BCUT2D eigenvalue weighted by molar-refractivity contribution is -0.128. The lowest BCUT2D eigenvalue weighted by Gasteiger charge is -2.25. The molecule has 0 fully saturated rings. The van der Waals surface area contributed by atoms with Crippen LogP contribution in [0.15, 0.2) is 24.3 Å². The van der Waals surface area contributed by atoms with Crippen LogP contribution >= 0.6 is 0 Å². The molecule has 0 aliphatic carbocycles. The van der Waals surface area contributed by atoms with E-state index in [-0.39, 0.29) is 17.7 Å². The quantitative estimate of drug-likeness (QED) is 0.535. The molecule has 0 unspecified atom stereocenters. The van der Waals surface area contributed by atoms with Crippen LogP contribution in [0.1, 0.15) is 12.5 Å². The molecule has 6 nitrogen and oxygen atoms in total. The molecule has 1 aromatic rings. The number of aromatic hydroxyl groups is 1. The first kappa shape index (κ1) is 14.4. The fourth-order valence-corrected chi connectivity index (χ4v) is 1.61. The molecular weight excluding hydrogens is 232 g/mol. The van der Waals surface area contributed by atoms with Gasteiger partial charge in [-0.3, -0.25) is 4.79 Å². The van der Waals surface area contributed by atoms with Crippen molar-refractivity contribution >= 4 is 5.91 Å². The number of carbonyl (C=O) groups is 1. The Morgan fingerprint density at radius 2 is 1.94 bits per heavy atom. The Labute approximate surface area is 107 Å². The number of hydrogen-bond donors (Lipinski definition) is 4. The molecule has 0 saturated carbocycles. The van der Waals surface area contributed by atoms with Crippen molar-refractivity contribution in [2.24, 2.45) is 0 Å². The molecule has 0 aliphatic heterocycles. The van der Waals surface area contributed by atoms with Gasteiger partial charge < -0.3 is 10.4 Å². The standard InChI is InChI=1S/C12H20N4O2/c1-9(16(13-2)14-3)12(18)15-8-10-6-4-5-7-11(10)17/h4-7,9,13-14,17H,8H2,1-3H3,(H,15,18)/t9-/m0/s1. The largest absolute Gasteiger partial charge is 0.508 e. The number of hydrazine groups is 2. The van der Waals surface area contributed by atoms with E-state index in [0.717, 1.165) is 0 Å². The van der Waals surface area contributed by atoms with Crippen molar-refractivity contribution in [2.75, 3.05) is 14.1 Å². The summed E-state index contributed by atoms with van der Waals surface area (Å²) in [5.74, 6) is 0.0477. The van der Waals surface area contributed by atoms with Crippen molar-refractivity contribution in [3.8, 4) is 5.75 Å². The molecule has 0 bridgehead atoms. The third-order valence-corrected chi connectivity index (χ3v) is 2.69. The number of hydrogen-bond acceptors (Lipinski definition) is 5. The van der Waals surface area contributed by atoms with Crippen LogP contribution in [-0.2, 0) is 11.3 Å². The number of nitrogens with zero attached hydrogens (tertiary/aromatic N) is 1. The highest BCUT2D eigenvalue weighted by molar-refractivity contribution is 5.81. The summed E-state index contributed by atoms with van der Waals surface area (Å²) in [5, 5.41) is 13.9. The number of phenolic OH excluding ortho intramolecular Hbond substituents is 1. The maximum atomic E-state index is 11.9. The Hall–Kier alpha value is -1.63. The predicted molar refractivity (Wildman–Crippen MR) is 69.4 cm³/mol. The molecule has 1 aromatic carbocycles. The summed E-state index contributed by atoms with van der Waals surface area (Å²) in [5.41, 5.74) is 6.40. The van der Waals surface area contributed by atoms with Crippen molar-refractivity contribution in [3.63, 3.8) is 0 Å². The van der Waals surface area contributed by atoms with E-state index in [9.17, 15) is 9.90 Å². The Bertz CT molecular complexity index is 393. The highest BCUT2D eigenvalue weighted by Crippen LogP contribution is 2.14. The molecule has 0 saturated heterocycles. The van der Waals surface area contributed by atoms with Crippen LogP contribution < -0.4 is 16.2 Å². The summed E-state index contributed by atoms with van der Waals surface area (Å²) >= 11 is 0. The fraction of sp³-hybridized carbons (Fsp3) is 0.417. The van der Waals surface area contributed by atoms with Crippen LogP contribution in [-0.4, -0.2) is 36.3 Å². The summed E-state index contributed by atoms with van der Waals surface area (Å²) in [6.45, 7) is 2.07. The minimum absolute atomic E-state index is 0.137. The number of phenols is 1. The fourth-order valence-electron chi connectivity index (χ4n) is 1.61. The maximum absolute atomic E-state index is 11.9. The van der Waals surface area contributed by atoms with Gasteiger partial charge in [0.05, 0.1) is 0 Å². The van der Waals surface area contributed by atoms with Crippen molar-refractivity contribution in [1.82, 2.24) is 21.3 Å². The normalized spacial score (nSPS) is 12.4. The van der Waals surface area contributed by atoms with Crippen molar-refractivity contribution in [1.29, 1.82) is 0 Å². The molecular formula is C12H20N4O2. The van der Waals surface area contributed by atoms with E-state index in [1.807, 2.05) is 6.07 Å². The summed E-state index contributed by atoms with van der Waals surface area (Å²) in [7, 11) is 3.45. The van der Waals surface area contributed by atoms with E-state index in [4.69, 9.17) is 0 Å². The van der Waals surface area contributed by atoms with E-state index in [0.29, 0.717) is 12.1 Å².